The van der Waals surface area contributed by atoms with E-state index in [-0.39, 0.29) is 53.7 Å². The van der Waals surface area contributed by atoms with E-state index in [0.717, 1.165) is 35.7 Å². The number of phenols is 1. The van der Waals surface area contributed by atoms with Crippen molar-refractivity contribution in [1.29, 1.82) is 0 Å². The molecule has 9 heteroatoms. The van der Waals surface area contributed by atoms with Gasteiger partial charge in [-0.05, 0) is 92.2 Å². The van der Waals surface area contributed by atoms with Crippen LogP contribution in [0.2, 0.25) is 0 Å². The second kappa shape index (κ2) is 9.96. The van der Waals surface area contributed by atoms with Crippen molar-refractivity contribution in [2.75, 3.05) is 13.1 Å². The van der Waals surface area contributed by atoms with Crippen molar-refractivity contribution in [1.82, 2.24) is 15.1 Å². The Kier molecular flexibility index (Phi) is 6.48. The Morgan fingerprint density at radius 3 is 2.46 bits per heavy atom. The molecule has 0 radical (unpaired) electrons. The van der Waals surface area contributed by atoms with Crippen LogP contribution >= 0.6 is 15.9 Å². The Labute approximate surface area is 247 Å². The zero-order chi connectivity index (χ0) is 28.5. The largest absolute Gasteiger partial charge is 0.508 e. The van der Waals surface area contributed by atoms with Crippen molar-refractivity contribution in [3.8, 4) is 5.75 Å². The summed E-state index contributed by atoms with van der Waals surface area (Å²) in [4.78, 5) is 58.3. The lowest BCUT2D eigenvalue weighted by atomic mass is 9.74. The summed E-state index contributed by atoms with van der Waals surface area (Å²) in [5, 5.41) is 12.6. The van der Waals surface area contributed by atoms with Gasteiger partial charge in [0.05, 0.1) is 18.0 Å². The summed E-state index contributed by atoms with van der Waals surface area (Å²) in [6.45, 7) is 0.430. The molecule has 8 rings (SSSR count). The van der Waals surface area contributed by atoms with Crippen molar-refractivity contribution in [2.24, 2.45) is 23.2 Å². The fourth-order valence-corrected chi connectivity index (χ4v) is 9.31. The number of fused-ring (bicyclic) bond motifs is 1. The lowest BCUT2D eigenvalue weighted by molar-refractivity contribution is -0.145. The molecule has 0 spiro atoms. The molecule has 6 aliphatic rings. The van der Waals surface area contributed by atoms with Crippen LogP contribution in [0.3, 0.4) is 0 Å². The van der Waals surface area contributed by atoms with Crippen LogP contribution in [0.15, 0.2) is 53.0 Å². The quantitative estimate of drug-likeness (QED) is 0.513. The Bertz CT molecular complexity index is 1410. The van der Waals surface area contributed by atoms with E-state index in [4.69, 9.17) is 0 Å². The Balaban J connectivity index is 1.12. The van der Waals surface area contributed by atoms with Crippen LogP contribution in [0.25, 0.3) is 0 Å². The van der Waals surface area contributed by atoms with E-state index in [0.29, 0.717) is 36.3 Å². The number of hydrogen-bond donors (Lipinski definition) is 2. The molecule has 5 atom stereocenters. The van der Waals surface area contributed by atoms with Crippen LogP contribution in [0.4, 0.5) is 0 Å². The van der Waals surface area contributed by atoms with Gasteiger partial charge in [0, 0.05) is 23.0 Å². The number of carbonyl (C=O) groups is 4. The number of nitrogens with one attached hydrogen (secondary N) is 1. The number of ketones is 1. The van der Waals surface area contributed by atoms with Gasteiger partial charge in [-0.25, -0.2) is 0 Å². The first-order valence-corrected chi connectivity index (χ1v) is 15.5. The molecular formula is C32H34BrN3O5. The van der Waals surface area contributed by atoms with Crippen molar-refractivity contribution >= 4 is 39.4 Å². The highest BCUT2D eigenvalue weighted by Gasteiger charge is 2.64. The van der Waals surface area contributed by atoms with Gasteiger partial charge in [0.1, 0.15) is 17.8 Å². The van der Waals surface area contributed by atoms with E-state index in [1.165, 1.54) is 6.42 Å². The van der Waals surface area contributed by atoms with Gasteiger partial charge in [0.2, 0.25) is 11.8 Å². The second-order valence-electron chi connectivity index (χ2n) is 12.8. The van der Waals surface area contributed by atoms with Crippen LogP contribution in [0.1, 0.15) is 54.4 Å². The maximum Gasteiger partial charge on any atom is 0.251 e. The van der Waals surface area contributed by atoms with Gasteiger partial charge in [-0.15, -0.1) is 0 Å². The third-order valence-electron chi connectivity index (χ3n) is 10.4. The summed E-state index contributed by atoms with van der Waals surface area (Å²) < 4.78 is 0.749. The minimum Gasteiger partial charge on any atom is -0.508 e. The third kappa shape index (κ3) is 4.47. The van der Waals surface area contributed by atoms with Crippen LogP contribution in [-0.2, 0) is 20.8 Å². The van der Waals surface area contributed by atoms with Crippen LogP contribution < -0.4 is 5.32 Å². The van der Waals surface area contributed by atoms with Gasteiger partial charge >= 0.3 is 0 Å². The summed E-state index contributed by atoms with van der Waals surface area (Å²) in [7, 11) is 0. The monoisotopic (exact) mass is 619 g/mol. The summed E-state index contributed by atoms with van der Waals surface area (Å²) in [6.07, 6.45) is 6.19. The highest BCUT2D eigenvalue weighted by atomic mass is 79.9. The number of aromatic hydroxyl groups is 1. The summed E-state index contributed by atoms with van der Waals surface area (Å²) >= 11 is 3.39. The van der Waals surface area contributed by atoms with Crippen molar-refractivity contribution in [2.45, 2.75) is 63.1 Å². The molecule has 6 fully saturated rings. The van der Waals surface area contributed by atoms with Gasteiger partial charge in [-0.2, -0.15) is 0 Å². The molecule has 41 heavy (non-hydrogen) atoms. The number of rotatable bonds is 6. The molecule has 4 aliphatic carbocycles. The van der Waals surface area contributed by atoms with E-state index >= 15 is 0 Å². The highest BCUT2D eigenvalue weighted by Crippen LogP contribution is 2.66. The van der Waals surface area contributed by atoms with Gasteiger partial charge in [-0.3, -0.25) is 19.2 Å². The molecule has 2 aromatic carbocycles. The SMILES string of the molecule is O=C(N[C@@H](Cc1ccc(O)cc1)C(=O)N1CCC2[C@H]1C(=O)CN2C(=O)C12CC3CC(CC1C3)C2)c1cccc(Br)c1. The van der Waals surface area contributed by atoms with E-state index in [2.05, 4.69) is 21.2 Å². The number of Topliss-reactive ketones (excluding diaryl/α,β-unsaturated/α-hetero) is 1. The van der Waals surface area contributed by atoms with Gasteiger partial charge in [0.15, 0.2) is 5.78 Å². The smallest absolute Gasteiger partial charge is 0.251 e. The Morgan fingerprint density at radius 1 is 1.02 bits per heavy atom. The van der Waals surface area contributed by atoms with E-state index < -0.39 is 12.1 Å². The molecule has 4 bridgehead atoms. The second-order valence-corrected chi connectivity index (χ2v) is 13.8. The third-order valence-corrected chi connectivity index (χ3v) is 10.9. The fourth-order valence-electron chi connectivity index (χ4n) is 8.91. The number of amides is 3. The zero-order valence-corrected chi connectivity index (χ0v) is 24.4. The number of hydrogen-bond acceptors (Lipinski definition) is 5. The summed E-state index contributed by atoms with van der Waals surface area (Å²) in [5.74, 6) is 1.17. The van der Waals surface area contributed by atoms with Crippen LogP contribution in [0, 0.1) is 23.2 Å². The number of nitrogens with zero attached hydrogens (tertiary/aromatic N) is 2. The van der Waals surface area contributed by atoms with Crippen molar-refractivity contribution < 1.29 is 24.3 Å². The number of benzene rings is 2. The lowest BCUT2D eigenvalue weighted by Gasteiger charge is -2.37. The number of carbonyl (C=O) groups excluding carboxylic acids is 4. The minimum absolute atomic E-state index is 0.0643. The predicted octanol–water partition coefficient (Wildman–Crippen LogP) is 3.70. The standard InChI is InChI=1S/C32H34BrN3O5/c33-23-3-1-2-21(14-23)29(39)34-25(13-18-4-6-24(37)7-5-18)30(40)35-9-8-26-28(35)27(38)17-36(26)31(41)32-15-19-10-20(16-32)12-22(32)11-19/h1-7,14,19-20,22,25-26,28,37H,8-13,15-17H2,(H,34,39)/t19?,20?,22?,25-,26?,28-,32?/m0/s1. The Hall–Kier alpha value is -3.20. The molecule has 2 saturated heterocycles. The molecule has 2 heterocycles. The lowest BCUT2D eigenvalue weighted by Crippen LogP contribution is -2.53. The first-order chi connectivity index (χ1) is 19.7. The summed E-state index contributed by atoms with van der Waals surface area (Å²) in [6, 6.07) is 11.6. The minimum atomic E-state index is -0.915. The van der Waals surface area contributed by atoms with E-state index in [1.807, 2.05) is 11.0 Å². The first kappa shape index (κ1) is 26.7. The van der Waals surface area contributed by atoms with Gasteiger partial charge in [-0.1, -0.05) is 34.1 Å². The topological polar surface area (TPSA) is 107 Å². The highest BCUT2D eigenvalue weighted by molar-refractivity contribution is 9.10. The number of halogens is 1. The van der Waals surface area contributed by atoms with Gasteiger partial charge in [0.25, 0.3) is 5.91 Å². The fraction of sp³-hybridized carbons (Fsp3) is 0.500. The Morgan fingerprint density at radius 2 is 1.76 bits per heavy atom. The molecule has 2 aromatic rings. The molecule has 214 valence electrons. The molecule has 2 aliphatic heterocycles. The molecule has 8 nitrogen and oxygen atoms in total. The molecule has 0 aromatic heterocycles. The molecule has 3 amide bonds. The normalized spacial score (nSPS) is 31.9. The maximum atomic E-state index is 14.1. The van der Waals surface area contributed by atoms with E-state index in [1.54, 1.807) is 47.4 Å². The van der Waals surface area contributed by atoms with E-state index in [9.17, 15) is 24.3 Å². The maximum absolute atomic E-state index is 14.1. The molecule has 2 N–H and O–H groups in total. The van der Waals surface area contributed by atoms with Crippen LogP contribution in [-0.4, -0.2) is 69.6 Å². The summed E-state index contributed by atoms with van der Waals surface area (Å²) in [5.41, 5.74) is 0.877. The van der Waals surface area contributed by atoms with Crippen LogP contribution in [0.5, 0.6) is 5.75 Å². The molecule has 4 saturated carbocycles. The average Bonchev–Trinajstić information content (AvgIpc) is 3.66. The molecule has 3 unspecified atom stereocenters. The molecular weight excluding hydrogens is 586 g/mol. The van der Waals surface area contributed by atoms with Gasteiger partial charge < -0.3 is 20.2 Å². The number of likely N-dealkylation sites (tertiary alicyclic amines) is 2. The first-order valence-electron chi connectivity index (χ1n) is 14.7. The average molecular weight is 621 g/mol. The van der Waals surface area contributed by atoms with Crippen molar-refractivity contribution in [3.05, 3.63) is 64.1 Å². The zero-order valence-electron chi connectivity index (χ0n) is 22.8. The van der Waals surface area contributed by atoms with Crippen molar-refractivity contribution in [3.63, 3.8) is 0 Å². The predicted molar refractivity (Wildman–Crippen MR) is 154 cm³/mol. The number of phenolic OH excluding ortho intramolecular Hbond substituents is 1.